The molecule has 124 valence electrons. The quantitative estimate of drug-likeness (QED) is 0.670. The van der Waals surface area contributed by atoms with Gasteiger partial charge in [0.15, 0.2) is 0 Å². The van der Waals surface area contributed by atoms with E-state index in [1.165, 1.54) is 5.56 Å². The molecule has 22 heavy (non-hydrogen) atoms. The maximum absolute atomic E-state index is 8.80. The number of hydrogen-bond acceptors (Lipinski definition) is 3. The average molecular weight is 306 g/mol. The zero-order valence-electron chi connectivity index (χ0n) is 15.0. The lowest BCUT2D eigenvalue weighted by molar-refractivity contribution is 0.00578. The second kappa shape index (κ2) is 8.14. The second-order valence-electron chi connectivity index (χ2n) is 6.51. The Morgan fingerprint density at radius 2 is 1.41 bits per heavy atom. The highest BCUT2D eigenvalue weighted by Crippen LogP contribution is 2.36. The molecule has 0 spiro atoms. The number of hydrogen-bond donors (Lipinski definition) is 1. The first-order chi connectivity index (χ1) is 10.4. The third-order valence-corrected chi connectivity index (χ3v) is 4.38. The van der Waals surface area contributed by atoms with E-state index in [4.69, 9.17) is 14.4 Å². The van der Waals surface area contributed by atoms with Crippen LogP contribution in [0, 0.1) is 0 Å². The molecule has 0 aliphatic carbocycles. The number of rotatable bonds is 5. The van der Waals surface area contributed by atoms with E-state index in [-0.39, 0.29) is 24.9 Å². The van der Waals surface area contributed by atoms with Crippen molar-refractivity contribution < 1.29 is 14.4 Å². The topological polar surface area (TPSA) is 38.7 Å². The number of benzene rings is 1. The monoisotopic (exact) mass is 306 g/mol. The van der Waals surface area contributed by atoms with Gasteiger partial charge >= 0.3 is 7.12 Å². The maximum atomic E-state index is 8.80. The van der Waals surface area contributed by atoms with Gasteiger partial charge in [0.05, 0.1) is 11.2 Å². The van der Waals surface area contributed by atoms with Crippen molar-refractivity contribution in [1.29, 1.82) is 0 Å². The molecule has 0 bridgehead atoms. The molecular weight excluding hydrogens is 275 g/mol. The summed E-state index contributed by atoms with van der Waals surface area (Å²) in [5, 5.41) is 8.80. The Morgan fingerprint density at radius 1 is 0.909 bits per heavy atom. The van der Waals surface area contributed by atoms with Gasteiger partial charge < -0.3 is 14.4 Å². The summed E-state index contributed by atoms with van der Waals surface area (Å²) in [5.74, 6) is 0. The molecule has 1 N–H and O–H groups in total. The molecule has 0 aromatic heterocycles. The van der Waals surface area contributed by atoms with Gasteiger partial charge in [-0.1, -0.05) is 38.1 Å². The van der Waals surface area contributed by atoms with Crippen molar-refractivity contribution in [2.75, 3.05) is 6.61 Å². The summed E-state index contributed by atoms with van der Waals surface area (Å²) in [4.78, 5) is 0. The molecule has 1 aromatic rings. The fraction of sp³-hybridized carbons (Fsp3) is 0.667. The molecule has 3 nitrogen and oxygen atoms in total. The number of unbranched alkanes of at least 4 members (excludes halogenated alkanes) is 1. The maximum Gasteiger partial charge on any atom is 0.494 e. The van der Waals surface area contributed by atoms with Gasteiger partial charge in [0.1, 0.15) is 0 Å². The minimum absolute atomic E-state index is 0.270. The smallest absolute Gasteiger partial charge is 0.399 e. The van der Waals surface area contributed by atoms with E-state index in [9.17, 15) is 0 Å². The lowest BCUT2D eigenvalue weighted by Crippen LogP contribution is -2.41. The highest BCUT2D eigenvalue weighted by molar-refractivity contribution is 6.62. The van der Waals surface area contributed by atoms with Crippen LogP contribution in [-0.2, 0) is 15.7 Å². The molecule has 1 heterocycles. The van der Waals surface area contributed by atoms with E-state index in [0.717, 1.165) is 24.7 Å². The van der Waals surface area contributed by atoms with Crippen LogP contribution in [0.4, 0.5) is 0 Å². The van der Waals surface area contributed by atoms with Crippen LogP contribution in [0.5, 0.6) is 0 Å². The molecule has 2 rings (SSSR count). The summed E-state index contributed by atoms with van der Waals surface area (Å²) in [7, 11) is -0.286. The van der Waals surface area contributed by atoms with Crippen LogP contribution in [-0.4, -0.2) is 30.0 Å². The first kappa shape index (κ1) is 19.2. The molecule has 0 saturated carbocycles. The Morgan fingerprint density at radius 3 is 1.86 bits per heavy atom. The van der Waals surface area contributed by atoms with Crippen LogP contribution in [0.3, 0.4) is 0 Å². The van der Waals surface area contributed by atoms with E-state index in [1.54, 1.807) is 0 Å². The van der Waals surface area contributed by atoms with Crippen LogP contribution in [0.15, 0.2) is 24.3 Å². The Balaban J connectivity index is 0.00000116. The summed E-state index contributed by atoms with van der Waals surface area (Å²) in [6.45, 7) is 12.5. The summed E-state index contributed by atoms with van der Waals surface area (Å²) in [5.41, 5.74) is 1.77. The number of aryl methyl sites for hydroxylation is 1. The predicted molar refractivity (Wildman–Crippen MR) is 93.5 cm³/mol. The van der Waals surface area contributed by atoms with E-state index in [0.29, 0.717) is 0 Å². The summed E-state index contributed by atoms with van der Waals surface area (Å²) >= 11 is 0. The van der Waals surface area contributed by atoms with Crippen molar-refractivity contribution in [2.24, 2.45) is 0 Å². The van der Waals surface area contributed by atoms with Gasteiger partial charge in [0.25, 0.3) is 0 Å². The zero-order chi connectivity index (χ0) is 16.8. The Kier molecular flexibility index (Phi) is 7.11. The van der Waals surface area contributed by atoms with Crippen molar-refractivity contribution in [3.8, 4) is 0 Å². The van der Waals surface area contributed by atoms with Gasteiger partial charge in [-0.3, -0.25) is 0 Å². The van der Waals surface area contributed by atoms with Crippen LogP contribution >= 0.6 is 0 Å². The highest BCUT2D eigenvalue weighted by Gasteiger charge is 2.51. The van der Waals surface area contributed by atoms with Crippen molar-refractivity contribution in [3.63, 3.8) is 0 Å². The van der Waals surface area contributed by atoms with Crippen LogP contribution in [0.25, 0.3) is 0 Å². The van der Waals surface area contributed by atoms with Gasteiger partial charge in [-0.15, -0.1) is 0 Å². The average Bonchev–Trinajstić information content (AvgIpc) is 2.71. The van der Waals surface area contributed by atoms with Crippen molar-refractivity contribution in [1.82, 2.24) is 0 Å². The van der Waals surface area contributed by atoms with Gasteiger partial charge in [0.2, 0.25) is 0 Å². The van der Waals surface area contributed by atoms with Crippen LogP contribution in [0.2, 0.25) is 0 Å². The van der Waals surface area contributed by atoms with Gasteiger partial charge in [0, 0.05) is 6.61 Å². The first-order valence-electron chi connectivity index (χ1n) is 8.41. The normalized spacial score (nSPS) is 18.8. The molecule has 1 aliphatic rings. The molecular formula is C18H31BO3. The van der Waals surface area contributed by atoms with Crippen molar-refractivity contribution in [3.05, 3.63) is 29.8 Å². The lowest BCUT2D eigenvalue weighted by atomic mass is 9.78. The largest absolute Gasteiger partial charge is 0.494 e. The fourth-order valence-electron chi connectivity index (χ4n) is 2.26. The Bertz CT molecular complexity index is 424. The molecule has 0 amide bonds. The number of aliphatic hydroxyl groups excluding tert-OH is 1. The van der Waals surface area contributed by atoms with E-state index < -0.39 is 0 Å². The van der Waals surface area contributed by atoms with E-state index in [1.807, 2.05) is 13.8 Å². The molecule has 0 radical (unpaired) electrons. The summed E-state index contributed by atoms with van der Waals surface area (Å²) in [6.07, 6.45) is 2.88. The van der Waals surface area contributed by atoms with Crippen LogP contribution in [0.1, 0.15) is 59.9 Å². The second-order valence-corrected chi connectivity index (χ2v) is 6.51. The van der Waals surface area contributed by atoms with Crippen LogP contribution < -0.4 is 5.46 Å². The van der Waals surface area contributed by atoms with E-state index >= 15 is 0 Å². The molecule has 0 unspecified atom stereocenters. The SMILES string of the molecule is CC.CC1(C)OB(c2ccc(CCCCO)cc2)OC1(C)C. The minimum atomic E-state index is -0.294. The third-order valence-electron chi connectivity index (χ3n) is 4.38. The van der Waals surface area contributed by atoms with Crippen molar-refractivity contribution >= 4 is 12.6 Å². The molecule has 4 heteroatoms. The zero-order valence-corrected chi connectivity index (χ0v) is 15.0. The molecule has 1 aliphatic heterocycles. The molecule has 1 fully saturated rings. The third kappa shape index (κ3) is 4.58. The highest BCUT2D eigenvalue weighted by atomic mass is 16.7. The van der Waals surface area contributed by atoms with Gasteiger partial charge in [-0.2, -0.15) is 0 Å². The predicted octanol–water partition coefficient (Wildman–Crippen LogP) is 3.33. The standard InChI is InChI=1S/C16H25BO3.C2H6/c1-15(2)16(3,4)20-17(19-15)14-10-8-13(9-11-14)7-5-6-12-18;1-2/h8-11,18H,5-7,12H2,1-4H3;1-2H3. The van der Waals surface area contributed by atoms with Crippen molar-refractivity contribution in [2.45, 2.75) is 72.0 Å². The van der Waals surface area contributed by atoms with E-state index in [2.05, 4.69) is 52.0 Å². The molecule has 0 atom stereocenters. The number of aliphatic hydroxyl groups is 1. The summed E-state index contributed by atoms with van der Waals surface area (Å²) in [6, 6.07) is 8.41. The minimum Gasteiger partial charge on any atom is -0.399 e. The fourth-order valence-corrected chi connectivity index (χ4v) is 2.26. The lowest BCUT2D eigenvalue weighted by Gasteiger charge is -2.32. The Hall–Kier alpha value is -0.835. The van der Waals surface area contributed by atoms with Gasteiger partial charge in [-0.25, -0.2) is 0 Å². The van der Waals surface area contributed by atoms with Gasteiger partial charge in [-0.05, 0) is 58.0 Å². The molecule has 1 aromatic carbocycles. The summed E-state index contributed by atoms with van der Waals surface area (Å²) < 4.78 is 12.1. The molecule has 1 saturated heterocycles. The Labute approximate surface area is 136 Å². The first-order valence-corrected chi connectivity index (χ1v) is 8.41.